The van der Waals surface area contributed by atoms with Crippen molar-refractivity contribution in [2.75, 3.05) is 25.0 Å². The summed E-state index contributed by atoms with van der Waals surface area (Å²) < 4.78 is 0. The van der Waals surface area contributed by atoms with Crippen molar-refractivity contribution in [2.24, 2.45) is 0 Å². The summed E-state index contributed by atoms with van der Waals surface area (Å²) in [5, 5.41) is 8.25. The maximum absolute atomic E-state index is 8.06. The number of rotatable bonds is 6. The van der Waals surface area contributed by atoms with Gasteiger partial charge in [-0.05, 0) is 33.5 Å². The van der Waals surface area contributed by atoms with Crippen molar-refractivity contribution in [1.29, 1.82) is 0 Å². The minimum absolute atomic E-state index is 0.167. The number of alkyl halides is 2. The Morgan fingerprint density at radius 1 is 0.800 bits per heavy atom. The van der Waals surface area contributed by atoms with Gasteiger partial charge in [0.2, 0.25) is 0 Å². The Morgan fingerprint density at radius 3 is 1.05 bits per heavy atom. The molecule has 1 N–H and O–H groups in total. The minimum Gasteiger partial charge on any atom is -0.394 e. The third-order valence-corrected chi connectivity index (χ3v) is 2.30. The Bertz CT molecular complexity index is 109. The summed E-state index contributed by atoms with van der Waals surface area (Å²) in [5.41, 5.74) is 0. The van der Waals surface area contributed by atoms with Crippen molar-refractivity contribution in [3.8, 4) is 0 Å². The molecule has 0 aliphatic rings. The van der Waals surface area contributed by atoms with Crippen LogP contribution >= 0.6 is 23.2 Å². The van der Waals surface area contributed by atoms with Gasteiger partial charge < -0.3 is 10.0 Å². The van der Waals surface area contributed by atoms with E-state index in [1.807, 2.05) is 0 Å². The van der Waals surface area contributed by atoms with Gasteiger partial charge in [-0.25, -0.2) is 0 Å². The number of nitrogens with zero attached hydrogens (tertiary/aromatic N) is 1. The normalized spacial score (nSPS) is 9.00. The molecule has 0 aromatic rings. The highest BCUT2D eigenvalue weighted by atomic mass is 35.5. The van der Waals surface area contributed by atoms with Crippen molar-refractivity contribution in [3.05, 3.63) is 0 Å². The largest absolute Gasteiger partial charge is 0.394 e. The Hall–Kier alpha value is 0.500. The quantitative estimate of drug-likeness (QED) is 0.495. The first-order valence-electron chi connectivity index (χ1n) is 7.93. The lowest BCUT2D eigenvalue weighted by Crippen LogP contribution is -2.21. The van der Waals surface area contributed by atoms with Crippen LogP contribution in [0.15, 0.2) is 0 Å². The van der Waals surface area contributed by atoms with E-state index in [1.54, 1.807) is 13.8 Å². The average molecular weight is 332 g/mol. The second-order valence-electron chi connectivity index (χ2n) is 4.52. The van der Waals surface area contributed by atoms with Crippen LogP contribution < -0.4 is 0 Å². The zero-order valence-corrected chi connectivity index (χ0v) is 16.4. The van der Waals surface area contributed by atoms with Crippen molar-refractivity contribution in [2.45, 2.75) is 80.3 Å². The Balaban J connectivity index is -0.0000000899. The highest BCUT2D eigenvalue weighted by Crippen LogP contribution is 1.95. The van der Waals surface area contributed by atoms with Crippen LogP contribution in [-0.2, 0) is 0 Å². The van der Waals surface area contributed by atoms with Gasteiger partial charge in [0.15, 0.2) is 0 Å². The van der Waals surface area contributed by atoms with Gasteiger partial charge in [0, 0.05) is 6.10 Å². The maximum Gasteiger partial charge on any atom is 0.0967 e. The van der Waals surface area contributed by atoms with Gasteiger partial charge in [0.25, 0.3) is 0 Å². The summed E-state index contributed by atoms with van der Waals surface area (Å²) in [7, 11) is 0. The third kappa shape index (κ3) is 62.8. The molecule has 4 heteroatoms. The van der Waals surface area contributed by atoms with Crippen LogP contribution in [0.1, 0.15) is 74.1 Å². The van der Waals surface area contributed by atoms with Gasteiger partial charge >= 0.3 is 0 Å². The molecule has 0 saturated heterocycles. The van der Waals surface area contributed by atoms with Crippen molar-refractivity contribution >= 4 is 23.2 Å². The minimum atomic E-state index is -0.167. The van der Waals surface area contributed by atoms with E-state index in [4.69, 9.17) is 28.3 Å². The fourth-order valence-corrected chi connectivity index (χ4v) is 1.17. The second kappa shape index (κ2) is 31.7. The number of hydrogen-bond donors (Lipinski definition) is 1. The molecular weight excluding hydrogens is 293 g/mol. The lowest BCUT2D eigenvalue weighted by atomic mass is 10.2. The molecule has 0 amide bonds. The van der Waals surface area contributed by atoms with Crippen molar-refractivity contribution in [1.82, 2.24) is 4.90 Å². The maximum atomic E-state index is 8.06. The molecular formula is C16H39Cl2NO. The van der Waals surface area contributed by atoms with Crippen molar-refractivity contribution in [3.63, 3.8) is 0 Å². The fraction of sp³-hybridized carbons (Fsp3) is 1.00. The van der Waals surface area contributed by atoms with E-state index in [1.165, 1.54) is 45.3 Å². The third-order valence-electron chi connectivity index (χ3n) is 2.30. The summed E-state index contributed by atoms with van der Waals surface area (Å²) in [6.45, 7) is 18.0. The molecule has 0 fully saturated rings. The van der Waals surface area contributed by atoms with Gasteiger partial charge in [-0.3, -0.25) is 0 Å². The Morgan fingerprint density at radius 2 is 1.00 bits per heavy atom. The molecule has 0 aromatic heterocycles. The standard InChI is InChI=1S/C6H15N.C6H14.C3H8O.CH2Cl2/c1-4-7(5-2)6-3;1-3-5-6-4-2;1-3(2)4;2-1-3/h4-6H2,1-3H3;3-6H2,1-2H3;3-4H,1-2H3;1H2. The molecule has 128 valence electrons. The molecule has 0 bridgehead atoms. The molecule has 20 heavy (non-hydrogen) atoms. The molecule has 0 saturated carbocycles. The van der Waals surface area contributed by atoms with E-state index in [0.717, 1.165) is 0 Å². The molecule has 0 aromatic carbocycles. The van der Waals surface area contributed by atoms with E-state index in [2.05, 4.69) is 39.5 Å². The first-order chi connectivity index (χ1) is 9.41. The summed E-state index contributed by atoms with van der Waals surface area (Å²) in [4.78, 5) is 2.38. The number of aliphatic hydroxyl groups is 1. The van der Waals surface area contributed by atoms with Crippen LogP contribution in [0.25, 0.3) is 0 Å². The average Bonchev–Trinajstić information content (AvgIpc) is 2.39. The lowest BCUT2D eigenvalue weighted by Gasteiger charge is -2.13. The zero-order valence-electron chi connectivity index (χ0n) is 14.9. The first-order valence-corrected chi connectivity index (χ1v) is 9.00. The molecule has 0 heterocycles. The molecule has 0 aliphatic heterocycles. The van der Waals surface area contributed by atoms with E-state index in [9.17, 15) is 0 Å². The first kappa shape index (κ1) is 28.6. The predicted octanol–water partition coefficient (Wildman–Crippen LogP) is 5.74. The molecule has 0 radical (unpaired) electrons. The summed E-state index contributed by atoms with van der Waals surface area (Å²) >= 11 is 9.53. The Labute approximate surface area is 138 Å². The van der Waals surface area contributed by atoms with Gasteiger partial charge in [-0.1, -0.05) is 60.3 Å². The number of hydrogen-bond acceptors (Lipinski definition) is 2. The van der Waals surface area contributed by atoms with Gasteiger partial charge in [-0.2, -0.15) is 0 Å². The summed E-state index contributed by atoms with van der Waals surface area (Å²) in [5.74, 6) is 0. The van der Waals surface area contributed by atoms with Crippen LogP contribution in [0, 0.1) is 0 Å². The zero-order chi connectivity index (χ0) is 16.8. The molecule has 0 spiro atoms. The van der Waals surface area contributed by atoms with E-state index in [0.29, 0.717) is 0 Å². The van der Waals surface area contributed by atoms with Gasteiger partial charge in [0.1, 0.15) is 0 Å². The lowest BCUT2D eigenvalue weighted by molar-refractivity contribution is 0.216. The number of aliphatic hydroxyl groups excluding tert-OH is 1. The molecule has 0 atom stereocenters. The van der Waals surface area contributed by atoms with Gasteiger partial charge in [-0.15, -0.1) is 23.2 Å². The SMILES string of the molecule is CC(C)O.CCCCCC.CCN(CC)CC.ClCCl. The summed E-state index contributed by atoms with van der Waals surface area (Å²) in [6, 6.07) is 0. The topological polar surface area (TPSA) is 23.5 Å². The highest BCUT2D eigenvalue weighted by Gasteiger charge is 1.89. The Kier molecular flexibility index (Phi) is 45.4. The van der Waals surface area contributed by atoms with Crippen LogP contribution in [0.5, 0.6) is 0 Å². The van der Waals surface area contributed by atoms with Gasteiger partial charge in [0.05, 0.1) is 5.34 Å². The molecule has 0 aliphatic carbocycles. The highest BCUT2D eigenvalue weighted by molar-refractivity contribution is 6.40. The predicted molar refractivity (Wildman–Crippen MR) is 97.2 cm³/mol. The fourth-order valence-electron chi connectivity index (χ4n) is 1.17. The summed E-state index contributed by atoms with van der Waals surface area (Å²) in [6.07, 6.45) is 5.37. The second-order valence-corrected chi connectivity index (χ2v) is 5.33. The van der Waals surface area contributed by atoms with Crippen LogP contribution in [0.4, 0.5) is 0 Å². The monoisotopic (exact) mass is 331 g/mol. The van der Waals surface area contributed by atoms with Crippen LogP contribution in [-0.4, -0.2) is 41.1 Å². The molecule has 0 unspecified atom stereocenters. The molecule has 2 nitrogen and oxygen atoms in total. The van der Waals surface area contributed by atoms with Crippen molar-refractivity contribution < 1.29 is 5.11 Å². The number of unbranched alkanes of at least 4 members (excludes halogenated alkanes) is 3. The van der Waals surface area contributed by atoms with E-state index >= 15 is 0 Å². The van der Waals surface area contributed by atoms with Crippen LogP contribution in [0.3, 0.4) is 0 Å². The van der Waals surface area contributed by atoms with E-state index < -0.39 is 0 Å². The van der Waals surface area contributed by atoms with E-state index in [-0.39, 0.29) is 11.4 Å². The molecule has 0 rings (SSSR count). The van der Waals surface area contributed by atoms with Crippen LogP contribution in [0.2, 0.25) is 0 Å². The number of halogens is 2. The smallest absolute Gasteiger partial charge is 0.0967 e.